The minimum absolute atomic E-state index is 0.0156. The van der Waals surface area contributed by atoms with E-state index in [0.29, 0.717) is 13.0 Å². The quantitative estimate of drug-likeness (QED) is 0.690. The van der Waals surface area contributed by atoms with E-state index in [1.54, 1.807) is 7.11 Å². The lowest BCUT2D eigenvalue weighted by molar-refractivity contribution is -0.892. The number of nitrogens with zero attached hydrogens (tertiary/aromatic N) is 1. The van der Waals surface area contributed by atoms with Crippen LogP contribution in [-0.2, 0) is 16.0 Å². The van der Waals surface area contributed by atoms with Gasteiger partial charge in [0, 0.05) is 0 Å². The molecule has 2 N–H and O–H groups in total. The van der Waals surface area contributed by atoms with E-state index in [1.807, 2.05) is 48.5 Å². The maximum absolute atomic E-state index is 12.6. The van der Waals surface area contributed by atoms with Crippen LogP contribution in [-0.4, -0.2) is 57.6 Å². The van der Waals surface area contributed by atoms with Gasteiger partial charge in [-0.2, -0.15) is 0 Å². The Labute approximate surface area is 172 Å². The molecule has 0 saturated carbocycles. The summed E-state index contributed by atoms with van der Waals surface area (Å²) in [5.41, 5.74) is 2.14. The highest BCUT2D eigenvalue weighted by atomic mass is 16.5. The van der Waals surface area contributed by atoms with Gasteiger partial charge in [0.1, 0.15) is 5.75 Å². The van der Waals surface area contributed by atoms with Crippen molar-refractivity contribution < 1.29 is 19.2 Å². The van der Waals surface area contributed by atoms with Gasteiger partial charge in [-0.1, -0.05) is 42.5 Å². The van der Waals surface area contributed by atoms with E-state index < -0.39 is 6.04 Å². The molecule has 6 nitrogen and oxygen atoms in total. The largest absolute Gasteiger partial charge is 0.495 e. The SMILES string of the molecule is COc1ccccc1N1CC[NH+](CC(=O)N[C@@H](Cc2ccccc2)C(C)=O)CC1. The van der Waals surface area contributed by atoms with E-state index in [0.717, 1.165) is 43.2 Å². The van der Waals surface area contributed by atoms with Crippen molar-refractivity contribution in [3.8, 4) is 5.75 Å². The Balaban J connectivity index is 1.50. The van der Waals surface area contributed by atoms with Crippen LogP contribution in [0.5, 0.6) is 5.75 Å². The van der Waals surface area contributed by atoms with Gasteiger partial charge in [0.2, 0.25) is 0 Å². The summed E-state index contributed by atoms with van der Waals surface area (Å²) >= 11 is 0. The van der Waals surface area contributed by atoms with E-state index in [9.17, 15) is 9.59 Å². The molecule has 0 unspecified atom stereocenters. The summed E-state index contributed by atoms with van der Waals surface area (Å²) in [5, 5.41) is 2.93. The molecule has 1 atom stereocenters. The Bertz CT molecular complexity index is 817. The number of quaternary nitrogens is 1. The smallest absolute Gasteiger partial charge is 0.275 e. The average Bonchev–Trinajstić information content (AvgIpc) is 2.74. The summed E-state index contributed by atoms with van der Waals surface area (Å²) in [4.78, 5) is 28.1. The number of rotatable bonds is 8. The van der Waals surface area contributed by atoms with Crippen molar-refractivity contribution in [1.29, 1.82) is 0 Å². The van der Waals surface area contributed by atoms with Crippen LogP contribution in [0.1, 0.15) is 12.5 Å². The fraction of sp³-hybridized carbons (Fsp3) is 0.391. The minimum atomic E-state index is -0.473. The summed E-state index contributed by atoms with van der Waals surface area (Å²) in [5.74, 6) is 0.791. The lowest BCUT2D eigenvalue weighted by Gasteiger charge is -2.34. The number of amides is 1. The first kappa shape index (κ1) is 20.9. The molecule has 1 aliphatic rings. The molecule has 1 fully saturated rings. The van der Waals surface area contributed by atoms with Gasteiger partial charge in [0.25, 0.3) is 5.91 Å². The third-order valence-electron chi connectivity index (χ3n) is 5.42. The van der Waals surface area contributed by atoms with E-state index in [1.165, 1.54) is 11.8 Å². The number of benzene rings is 2. The summed E-state index contributed by atoms with van der Waals surface area (Å²) in [6, 6.07) is 17.3. The highest BCUT2D eigenvalue weighted by Crippen LogP contribution is 2.27. The van der Waals surface area contributed by atoms with Crippen molar-refractivity contribution in [2.45, 2.75) is 19.4 Å². The zero-order valence-corrected chi connectivity index (χ0v) is 17.2. The first-order valence-corrected chi connectivity index (χ1v) is 10.1. The Morgan fingerprint density at radius 1 is 1.07 bits per heavy atom. The second kappa shape index (κ2) is 10.1. The van der Waals surface area contributed by atoms with Crippen LogP contribution in [0.15, 0.2) is 54.6 Å². The van der Waals surface area contributed by atoms with Gasteiger partial charge >= 0.3 is 0 Å². The predicted octanol–water partition coefficient (Wildman–Crippen LogP) is 0.717. The summed E-state index contributed by atoms with van der Waals surface area (Å²) in [7, 11) is 1.69. The van der Waals surface area contributed by atoms with Gasteiger partial charge in [-0.3, -0.25) is 9.59 Å². The second-order valence-electron chi connectivity index (χ2n) is 7.51. The molecule has 0 aromatic heterocycles. The Morgan fingerprint density at radius 2 is 1.72 bits per heavy atom. The van der Waals surface area contributed by atoms with Crippen LogP contribution < -0.4 is 19.9 Å². The number of hydrogen-bond acceptors (Lipinski definition) is 4. The van der Waals surface area contributed by atoms with Gasteiger partial charge in [-0.25, -0.2) is 0 Å². The van der Waals surface area contributed by atoms with Crippen molar-refractivity contribution in [1.82, 2.24) is 5.32 Å². The zero-order valence-electron chi connectivity index (χ0n) is 17.2. The molecule has 1 saturated heterocycles. The molecule has 0 aliphatic carbocycles. The van der Waals surface area contributed by atoms with Crippen LogP contribution >= 0.6 is 0 Å². The van der Waals surface area contributed by atoms with Crippen molar-refractivity contribution in [2.24, 2.45) is 0 Å². The number of nitrogens with one attached hydrogen (secondary N) is 2. The van der Waals surface area contributed by atoms with Crippen LogP contribution in [0, 0.1) is 0 Å². The number of Topliss-reactive ketones (excluding diaryl/α,β-unsaturated/α-hetero) is 1. The first-order valence-electron chi connectivity index (χ1n) is 10.1. The predicted molar refractivity (Wildman–Crippen MR) is 114 cm³/mol. The maximum Gasteiger partial charge on any atom is 0.275 e. The molecule has 2 aromatic carbocycles. The number of ether oxygens (including phenoxy) is 1. The van der Waals surface area contributed by atoms with Crippen LogP contribution in [0.2, 0.25) is 0 Å². The molecule has 1 amide bonds. The van der Waals surface area contributed by atoms with E-state index in [2.05, 4.69) is 16.3 Å². The molecular weight excluding hydrogens is 366 g/mol. The van der Waals surface area contributed by atoms with Gasteiger partial charge in [0.05, 0.1) is 45.0 Å². The highest BCUT2D eigenvalue weighted by Gasteiger charge is 2.25. The minimum Gasteiger partial charge on any atom is -0.495 e. The number of carbonyl (C=O) groups is 2. The van der Waals surface area contributed by atoms with Gasteiger partial charge in [0.15, 0.2) is 12.3 Å². The van der Waals surface area contributed by atoms with E-state index >= 15 is 0 Å². The molecule has 1 heterocycles. The third-order valence-corrected chi connectivity index (χ3v) is 5.42. The number of methoxy groups -OCH3 is 1. The molecule has 6 heteroatoms. The summed E-state index contributed by atoms with van der Waals surface area (Å²) in [6.07, 6.45) is 0.527. The monoisotopic (exact) mass is 396 g/mol. The zero-order chi connectivity index (χ0) is 20.6. The normalized spacial score (nSPS) is 15.6. The third kappa shape index (κ3) is 5.81. The standard InChI is InChI=1S/C23H29N3O3/c1-18(27)20(16-19-8-4-3-5-9-19)24-23(28)17-25-12-14-26(15-13-25)21-10-6-7-11-22(21)29-2/h3-11,20H,12-17H2,1-2H3,(H,24,28)/p+1/t20-/m0/s1. The molecule has 0 spiro atoms. The van der Waals surface area contributed by atoms with E-state index in [-0.39, 0.29) is 11.7 Å². The number of hydrogen-bond donors (Lipinski definition) is 2. The Morgan fingerprint density at radius 3 is 2.38 bits per heavy atom. The summed E-state index contributed by atoms with van der Waals surface area (Å²) < 4.78 is 5.46. The maximum atomic E-state index is 12.6. The second-order valence-corrected chi connectivity index (χ2v) is 7.51. The Hall–Kier alpha value is -2.86. The average molecular weight is 397 g/mol. The van der Waals surface area contributed by atoms with Crippen molar-refractivity contribution in [3.63, 3.8) is 0 Å². The lowest BCUT2D eigenvalue weighted by atomic mass is 10.0. The molecule has 1 aliphatic heterocycles. The summed E-state index contributed by atoms with van der Waals surface area (Å²) in [6.45, 7) is 5.39. The molecular formula is C23H30N3O3+. The number of carbonyl (C=O) groups excluding carboxylic acids is 2. The van der Waals surface area contributed by atoms with Gasteiger partial charge in [-0.05, 0) is 31.0 Å². The van der Waals surface area contributed by atoms with Crippen LogP contribution in [0.25, 0.3) is 0 Å². The van der Waals surface area contributed by atoms with Crippen LogP contribution in [0.3, 0.4) is 0 Å². The first-order chi connectivity index (χ1) is 14.1. The molecule has 29 heavy (non-hydrogen) atoms. The molecule has 2 aromatic rings. The fourth-order valence-corrected chi connectivity index (χ4v) is 3.75. The number of piperazine rings is 1. The van der Waals surface area contributed by atoms with Gasteiger partial charge in [-0.15, -0.1) is 0 Å². The van der Waals surface area contributed by atoms with Crippen LogP contribution in [0.4, 0.5) is 5.69 Å². The lowest BCUT2D eigenvalue weighted by Crippen LogP contribution is -3.16. The fourth-order valence-electron chi connectivity index (χ4n) is 3.75. The molecule has 154 valence electrons. The molecule has 0 bridgehead atoms. The number of para-hydroxylation sites is 2. The highest BCUT2D eigenvalue weighted by molar-refractivity contribution is 5.88. The van der Waals surface area contributed by atoms with Crippen molar-refractivity contribution >= 4 is 17.4 Å². The topological polar surface area (TPSA) is 63.1 Å². The number of anilines is 1. The molecule has 3 rings (SSSR count). The van der Waals surface area contributed by atoms with Crippen molar-refractivity contribution in [2.75, 3.05) is 44.7 Å². The molecule has 0 radical (unpaired) electrons. The van der Waals surface area contributed by atoms with Gasteiger partial charge < -0.3 is 19.9 Å². The van der Waals surface area contributed by atoms with Crippen molar-refractivity contribution in [3.05, 3.63) is 60.2 Å². The Kier molecular flexibility index (Phi) is 7.25. The number of ketones is 1. The van der Waals surface area contributed by atoms with E-state index in [4.69, 9.17) is 4.74 Å².